The number of thiophene rings is 1. The van der Waals surface area contributed by atoms with Crippen LogP contribution in [0.2, 0.25) is 5.02 Å². The van der Waals surface area contributed by atoms with Crippen molar-refractivity contribution < 1.29 is 19.4 Å². The molecule has 0 amide bonds. The van der Waals surface area contributed by atoms with Crippen LogP contribution >= 0.6 is 22.9 Å². The molecule has 1 aromatic carbocycles. The lowest BCUT2D eigenvalue weighted by molar-refractivity contribution is 0.0415. The van der Waals surface area contributed by atoms with Gasteiger partial charge in [0, 0.05) is 37.4 Å². The minimum atomic E-state index is -1.22. The largest absolute Gasteiger partial charge is 0.506 e. The molecule has 8 nitrogen and oxygen atoms in total. The standard InChI is InChI=1S/C24H27ClN4O4S/c1-32-18-7-6-14(12-17(18)25)13-26-21-20-16-4-2-3-5-19(16)34-22(20)28-23(27-21)29-10-8-15(9-11-29)33-24(30)31/h6-7,12,15H,2-5,8-11,13H2,1H3,(H,30,31)(H,26,27,28). The van der Waals surface area contributed by atoms with Crippen molar-refractivity contribution in [3.63, 3.8) is 0 Å². The predicted octanol–water partition coefficient (Wildman–Crippen LogP) is 5.51. The van der Waals surface area contributed by atoms with Crippen LogP contribution in [0.25, 0.3) is 10.2 Å². The van der Waals surface area contributed by atoms with Crippen LogP contribution in [0.15, 0.2) is 18.2 Å². The summed E-state index contributed by atoms with van der Waals surface area (Å²) in [5.41, 5.74) is 2.41. The Morgan fingerprint density at radius 3 is 2.79 bits per heavy atom. The van der Waals surface area contributed by atoms with Gasteiger partial charge in [-0.05, 0) is 48.9 Å². The molecule has 3 heterocycles. The number of aromatic nitrogens is 2. The number of ether oxygens (including phenoxy) is 2. The van der Waals surface area contributed by atoms with E-state index in [0.29, 0.717) is 49.2 Å². The number of hydrogen-bond donors (Lipinski definition) is 2. The van der Waals surface area contributed by atoms with E-state index >= 15 is 0 Å². The zero-order valence-corrected chi connectivity index (χ0v) is 20.5. The normalized spacial score (nSPS) is 16.4. The third kappa shape index (κ3) is 4.72. The van der Waals surface area contributed by atoms with Crippen LogP contribution in [-0.2, 0) is 24.1 Å². The summed E-state index contributed by atoms with van der Waals surface area (Å²) >= 11 is 8.10. The Morgan fingerprint density at radius 1 is 1.26 bits per heavy atom. The molecule has 3 aromatic rings. The zero-order valence-electron chi connectivity index (χ0n) is 19.0. The van der Waals surface area contributed by atoms with E-state index in [1.54, 1.807) is 18.4 Å². The molecule has 0 saturated carbocycles. The fourth-order valence-corrected chi connectivity index (χ4v) is 6.27. The zero-order chi connectivity index (χ0) is 23.7. The first-order valence-electron chi connectivity index (χ1n) is 11.5. The highest BCUT2D eigenvalue weighted by molar-refractivity contribution is 7.19. The maximum absolute atomic E-state index is 10.9. The van der Waals surface area contributed by atoms with E-state index in [9.17, 15) is 4.79 Å². The Bertz CT molecular complexity index is 1210. The number of nitrogens with one attached hydrogen (secondary N) is 1. The molecule has 180 valence electrons. The van der Waals surface area contributed by atoms with E-state index < -0.39 is 6.16 Å². The average Bonchev–Trinajstić information content (AvgIpc) is 3.21. The second-order valence-electron chi connectivity index (χ2n) is 8.66. The molecule has 0 unspecified atom stereocenters. The number of carbonyl (C=O) groups is 1. The summed E-state index contributed by atoms with van der Waals surface area (Å²) in [6.45, 7) is 1.89. The van der Waals surface area contributed by atoms with Crippen LogP contribution in [0.3, 0.4) is 0 Å². The van der Waals surface area contributed by atoms with Gasteiger partial charge in [0.1, 0.15) is 22.5 Å². The molecule has 1 saturated heterocycles. The summed E-state index contributed by atoms with van der Waals surface area (Å²) in [6, 6.07) is 5.77. The molecule has 5 rings (SSSR count). The van der Waals surface area contributed by atoms with Crippen molar-refractivity contribution in [1.82, 2.24) is 9.97 Å². The summed E-state index contributed by atoms with van der Waals surface area (Å²) in [6.07, 6.45) is 4.31. The van der Waals surface area contributed by atoms with E-state index in [-0.39, 0.29) is 6.10 Å². The molecule has 0 spiro atoms. The lowest BCUT2D eigenvalue weighted by atomic mass is 9.97. The lowest BCUT2D eigenvalue weighted by Crippen LogP contribution is -2.38. The van der Waals surface area contributed by atoms with Gasteiger partial charge in [-0.3, -0.25) is 0 Å². The van der Waals surface area contributed by atoms with Crippen molar-refractivity contribution in [2.45, 2.75) is 51.2 Å². The second-order valence-corrected chi connectivity index (χ2v) is 10.1. The van der Waals surface area contributed by atoms with Crippen LogP contribution < -0.4 is 15.0 Å². The van der Waals surface area contributed by atoms with Crippen LogP contribution in [0, 0.1) is 0 Å². The molecule has 34 heavy (non-hydrogen) atoms. The van der Waals surface area contributed by atoms with Crippen LogP contribution in [0.4, 0.5) is 16.6 Å². The number of hydrogen-bond acceptors (Lipinski definition) is 8. The van der Waals surface area contributed by atoms with Gasteiger partial charge in [-0.15, -0.1) is 11.3 Å². The highest BCUT2D eigenvalue weighted by atomic mass is 35.5. The molecule has 1 aliphatic carbocycles. The number of fused-ring (bicyclic) bond motifs is 3. The molecule has 2 aromatic heterocycles. The van der Waals surface area contributed by atoms with Crippen LogP contribution in [-0.4, -0.2) is 47.5 Å². The van der Waals surface area contributed by atoms with E-state index in [1.807, 2.05) is 18.2 Å². The van der Waals surface area contributed by atoms with Crippen LogP contribution in [0.5, 0.6) is 5.75 Å². The molecular formula is C24H27ClN4O4S. The maximum atomic E-state index is 10.9. The molecule has 2 aliphatic rings. The molecular weight excluding hydrogens is 476 g/mol. The van der Waals surface area contributed by atoms with Gasteiger partial charge in [-0.25, -0.2) is 9.78 Å². The van der Waals surface area contributed by atoms with Gasteiger partial charge in [-0.2, -0.15) is 4.98 Å². The Morgan fingerprint density at radius 2 is 2.06 bits per heavy atom. The van der Waals surface area contributed by atoms with Gasteiger partial charge in [0.05, 0.1) is 17.5 Å². The first-order chi connectivity index (χ1) is 16.5. The highest BCUT2D eigenvalue weighted by Gasteiger charge is 2.26. The molecule has 1 aliphatic heterocycles. The summed E-state index contributed by atoms with van der Waals surface area (Å²) in [7, 11) is 1.61. The first kappa shape index (κ1) is 23.0. The van der Waals surface area contributed by atoms with E-state index in [4.69, 9.17) is 36.1 Å². The van der Waals surface area contributed by atoms with Crippen molar-refractivity contribution in [3.05, 3.63) is 39.2 Å². The minimum Gasteiger partial charge on any atom is -0.495 e. The number of methoxy groups -OCH3 is 1. The van der Waals surface area contributed by atoms with Gasteiger partial charge >= 0.3 is 6.16 Å². The Kier molecular flexibility index (Phi) is 6.65. The quantitative estimate of drug-likeness (QED) is 0.426. The summed E-state index contributed by atoms with van der Waals surface area (Å²) < 4.78 is 10.2. The summed E-state index contributed by atoms with van der Waals surface area (Å²) in [5, 5.41) is 14.2. The lowest BCUT2D eigenvalue weighted by Gasteiger charge is -2.31. The Balaban J connectivity index is 1.43. The Hall–Kier alpha value is -2.78. The van der Waals surface area contributed by atoms with Gasteiger partial charge < -0.3 is 24.8 Å². The summed E-state index contributed by atoms with van der Waals surface area (Å²) in [4.78, 5) is 25.3. The molecule has 2 N–H and O–H groups in total. The van der Waals surface area contributed by atoms with E-state index in [2.05, 4.69) is 10.2 Å². The fourth-order valence-electron chi connectivity index (χ4n) is 4.74. The molecule has 0 atom stereocenters. The van der Waals surface area contributed by atoms with Crippen molar-refractivity contribution in [2.24, 2.45) is 0 Å². The fraction of sp³-hybridized carbons (Fsp3) is 0.458. The van der Waals surface area contributed by atoms with Gasteiger partial charge in [0.25, 0.3) is 0 Å². The molecule has 0 bridgehead atoms. The maximum Gasteiger partial charge on any atom is 0.506 e. The number of halogens is 1. The van der Waals surface area contributed by atoms with Gasteiger partial charge in [0.2, 0.25) is 5.95 Å². The Labute approximate surface area is 206 Å². The van der Waals surface area contributed by atoms with Crippen molar-refractivity contribution in [1.29, 1.82) is 0 Å². The number of nitrogens with zero attached hydrogens (tertiary/aromatic N) is 3. The average molecular weight is 503 g/mol. The number of anilines is 2. The monoisotopic (exact) mass is 502 g/mol. The number of rotatable bonds is 6. The van der Waals surface area contributed by atoms with Crippen molar-refractivity contribution in [2.75, 3.05) is 30.4 Å². The first-order valence-corrected chi connectivity index (χ1v) is 12.7. The molecule has 1 fully saturated rings. The smallest absolute Gasteiger partial charge is 0.495 e. The number of carboxylic acid groups (broad SMARTS) is 1. The second kappa shape index (κ2) is 9.84. The van der Waals surface area contributed by atoms with Crippen LogP contribution in [0.1, 0.15) is 41.7 Å². The third-order valence-electron chi connectivity index (χ3n) is 6.47. The topological polar surface area (TPSA) is 96.8 Å². The van der Waals surface area contributed by atoms with Gasteiger partial charge in [0.15, 0.2) is 0 Å². The van der Waals surface area contributed by atoms with Crippen molar-refractivity contribution in [3.8, 4) is 5.75 Å². The molecule has 0 radical (unpaired) electrons. The number of piperidine rings is 1. The SMILES string of the molecule is COc1ccc(CNc2nc(N3CCC(OC(=O)O)CC3)nc3sc4c(c23)CCCC4)cc1Cl. The third-order valence-corrected chi connectivity index (χ3v) is 7.95. The minimum absolute atomic E-state index is 0.274. The molecule has 10 heteroatoms. The van der Waals surface area contributed by atoms with E-state index in [1.165, 1.54) is 23.3 Å². The number of aryl methyl sites for hydroxylation is 2. The van der Waals surface area contributed by atoms with Gasteiger partial charge in [-0.1, -0.05) is 17.7 Å². The predicted molar refractivity (Wildman–Crippen MR) is 134 cm³/mol. The summed E-state index contributed by atoms with van der Waals surface area (Å²) in [5.74, 6) is 2.17. The van der Waals surface area contributed by atoms with Crippen molar-refractivity contribution >= 4 is 51.1 Å². The number of benzene rings is 1. The van der Waals surface area contributed by atoms with E-state index in [0.717, 1.165) is 34.4 Å². The highest BCUT2D eigenvalue weighted by Crippen LogP contribution is 2.40.